The number of amides is 1. The topological polar surface area (TPSA) is 71.7 Å². The van der Waals surface area contributed by atoms with Gasteiger partial charge in [0, 0.05) is 26.2 Å². The molecule has 2 heterocycles. The summed E-state index contributed by atoms with van der Waals surface area (Å²) in [6.07, 6.45) is 0.911. The van der Waals surface area contributed by atoms with Gasteiger partial charge in [-0.1, -0.05) is 23.4 Å². The summed E-state index contributed by atoms with van der Waals surface area (Å²) in [6, 6.07) is 9.46. The Morgan fingerprint density at radius 2 is 2.04 bits per heavy atom. The molecule has 1 amide bonds. The largest absolute Gasteiger partial charge is 0.484 e. The molecule has 7 heteroatoms. The molecule has 0 saturated carbocycles. The predicted molar refractivity (Wildman–Crippen MR) is 92.2 cm³/mol. The van der Waals surface area contributed by atoms with E-state index in [1.165, 1.54) is 0 Å². The molecule has 1 fully saturated rings. The fourth-order valence-electron chi connectivity index (χ4n) is 2.97. The Hall–Kier alpha value is -2.41. The minimum atomic E-state index is 0.0204. The molecule has 1 aromatic carbocycles. The van der Waals surface area contributed by atoms with Gasteiger partial charge in [-0.2, -0.15) is 4.98 Å². The average Bonchev–Trinajstić information content (AvgIpc) is 2.92. The van der Waals surface area contributed by atoms with Crippen molar-refractivity contribution in [2.24, 2.45) is 0 Å². The number of hydrogen-bond acceptors (Lipinski definition) is 6. The van der Waals surface area contributed by atoms with Crippen LogP contribution >= 0.6 is 0 Å². The lowest BCUT2D eigenvalue weighted by Gasteiger charge is -2.25. The van der Waals surface area contributed by atoms with Crippen LogP contribution in [0.3, 0.4) is 0 Å². The molecule has 1 aliphatic rings. The first-order valence-electron chi connectivity index (χ1n) is 8.63. The Morgan fingerprint density at radius 1 is 1.24 bits per heavy atom. The van der Waals surface area contributed by atoms with Gasteiger partial charge in [0.05, 0.1) is 6.04 Å². The first-order chi connectivity index (χ1) is 12.1. The SMILES string of the molecule is Cc1noc(C(C)N2CCCN(C(=O)COc3ccccc3)CC2)n1. The van der Waals surface area contributed by atoms with Gasteiger partial charge in [-0.15, -0.1) is 0 Å². The number of benzene rings is 1. The number of ether oxygens (including phenoxy) is 1. The minimum Gasteiger partial charge on any atom is -0.484 e. The van der Waals surface area contributed by atoms with Gasteiger partial charge in [0.25, 0.3) is 5.91 Å². The minimum absolute atomic E-state index is 0.0204. The van der Waals surface area contributed by atoms with Crippen molar-refractivity contribution in [2.75, 3.05) is 32.8 Å². The van der Waals surface area contributed by atoms with Crippen molar-refractivity contribution in [1.29, 1.82) is 0 Å². The monoisotopic (exact) mass is 344 g/mol. The molecule has 0 bridgehead atoms. The molecule has 0 aliphatic carbocycles. The molecular formula is C18H24N4O3. The summed E-state index contributed by atoms with van der Waals surface area (Å²) >= 11 is 0. The predicted octanol–water partition coefficient (Wildman–Crippen LogP) is 2.05. The highest BCUT2D eigenvalue weighted by Gasteiger charge is 2.25. The Labute approximate surface area is 147 Å². The summed E-state index contributed by atoms with van der Waals surface area (Å²) in [5, 5.41) is 3.86. The quantitative estimate of drug-likeness (QED) is 0.827. The Bertz CT molecular complexity index is 689. The molecule has 134 valence electrons. The van der Waals surface area contributed by atoms with Gasteiger partial charge in [0.2, 0.25) is 5.89 Å². The van der Waals surface area contributed by atoms with Crippen molar-refractivity contribution in [1.82, 2.24) is 19.9 Å². The van der Waals surface area contributed by atoms with E-state index in [2.05, 4.69) is 22.0 Å². The number of hydrogen-bond donors (Lipinski definition) is 0. The number of rotatable bonds is 5. The van der Waals surface area contributed by atoms with Gasteiger partial charge in [0.15, 0.2) is 12.4 Å². The Morgan fingerprint density at radius 3 is 2.76 bits per heavy atom. The molecule has 7 nitrogen and oxygen atoms in total. The van der Waals surface area contributed by atoms with Crippen LogP contribution in [-0.4, -0.2) is 58.6 Å². The summed E-state index contributed by atoms with van der Waals surface area (Å²) in [7, 11) is 0. The molecule has 25 heavy (non-hydrogen) atoms. The first-order valence-corrected chi connectivity index (χ1v) is 8.63. The van der Waals surface area contributed by atoms with Crippen molar-refractivity contribution in [3.63, 3.8) is 0 Å². The summed E-state index contributed by atoms with van der Waals surface area (Å²) in [5.41, 5.74) is 0. The maximum absolute atomic E-state index is 12.4. The van der Waals surface area contributed by atoms with Crippen LogP contribution in [0.5, 0.6) is 5.75 Å². The molecule has 2 aromatic rings. The highest BCUT2D eigenvalue weighted by Crippen LogP contribution is 2.20. The molecule has 1 saturated heterocycles. The fourth-order valence-corrected chi connectivity index (χ4v) is 2.97. The first kappa shape index (κ1) is 17.4. The van der Waals surface area contributed by atoms with Crippen LogP contribution in [0, 0.1) is 6.92 Å². The van der Waals surface area contributed by atoms with Crippen LogP contribution in [0.15, 0.2) is 34.9 Å². The summed E-state index contributed by atoms with van der Waals surface area (Å²) in [4.78, 5) is 20.9. The van der Waals surface area contributed by atoms with Crippen molar-refractivity contribution in [3.05, 3.63) is 42.0 Å². The number of nitrogens with zero attached hydrogens (tertiary/aromatic N) is 4. The maximum atomic E-state index is 12.4. The zero-order valence-corrected chi connectivity index (χ0v) is 14.7. The van der Waals surface area contributed by atoms with E-state index in [1.54, 1.807) is 0 Å². The van der Waals surface area contributed by atoms with Gasteiger partial charge in [0.1, 0.15) is 5.75 Å². The Kier molecular flexibility index (Phi) is 5.65. The van der Waals surface area contributed by atoms with Crippen molar-refractivity contribution in [2.45, 2.75) is 26.3 Å². The summed E-state index contributed by atoms with van der Waals surface area (Å²) < 4.78 is 10.8. The van der Waals surface area contributed by atoms with Gasteiger partial charge in [-0.3, -0.25) is 9.69 Å². The van der Waals surface area contributed by atoms with Crippen molar-refractivity contribution in [3.8, 4) is 5.75 Å². The van der Waals surface area contributed by atoms with Crippen LogP contribution in [-0.2, 0) is 4.79 Å². The number of carbonyl (C=O) groups is 1. The number of aromatic nitrogens is 2. The van der Waals surface area contributed by atoms with E-state index in [4.69, 9.17) is 9.26 Å². The lowest BCUT2D eigenvalue weighted by atomic mass is 10.2. The van der Waals surface area contributed by atoms with E-state index in [0.717, 1.165) is 26.1 Å². The summed E-state index contributed by atoms with van der Waals surface area (Å²) in [6.45, 7) is 7.03. The fraction of sp³-hybridized carbons (Fsp3) is 0.500. The van der Waals surface area contributed by atoms with Gasteiger partial charge in [-0.05, 0) is 32.4 Å². The average molecular weight is 344 g/mol. The summed E-state index contributed by atoms with van der Waals surface area (Å²) in [5.74, 6) is 2.01. The molecule has 1 atom stereocenters. The highest BCUT2D eigenvalue weighted by atomic mass is 16.5. The number of carbonyl (C=O) groups excluding carboxylic acids is 1. The van der Waals surface area contributed by atoms with E-state index >= 15 is 0 Å². The smallest absolute Gasteiger partial charge is 0.260 e. The van der Waals surface area contributed by atoms with Gasteiger partial charge >= 0.3 is 0 Å². The second-order valence-electron chi connectivity index (χ2n) is 6.23. The van der Waals surface area contributed by atoms with E-state index < -0.39 is 0 Å². The van der Waals surface area contributed by atoms with Crippen molar-refractivity contribution >= 4 is 5.91 Å². The third kappa shape index (κ3) is 4.57. The zero-order valence-electron chi connectivity index (χ0n) is 14.7. The number of para-hydroxylation sites is 1. The van der Waals surface area contributed by atoms with Crippen LogP contribution < -0.4 is 4.74 Å². The molecular weight excluding hydrogens is 320 g/mol. The molecule has 1 aliphatic heterocycles. The third-order valence-corrected chi connectivity index (χ3v) is 4.44. The van der Waals surface area contributed by atoms with Crippen LogP contribution in [0.2, 0.25) is 0 Å². The van der Waals surface area contributed by atoms with Crippen LogP contribution in [0.1, 0.15) is 31.1 Å². The molecule has 0 N–H and O–H groups in total. The number of aryl methyl sites for hydroxylation is 1. The lowest BCUT2D eigenvalue weighted by Crippen LogP contribution is -2.38. The van der Waals surface area contributed by atoms with E-state index in [9.17, 15) is 4.79 Å². The van der Waals surface area contributed by atoms with Crippen LogP contribution in [0.25, 0.3) is 0 Å². The molecule has 1 unspecified atom stereocenters. The third-order valence-electron chi connectivity index (χ3n) is 4.44. The zero-order chi connectivity index (χ0) is 17.6. The van der Waals surface area contributed by atoms with Gasteiger partial charge < -0.3 is 14.2 Å². The van der Waals surface area contributed by atoms with E-state index in [-0.39, 0.29) is 18.6 Å². The maximum Gasteiger partial charge on any atom is 0.260 e. The Balaban J connectivity index is 1.51. The van der Waals surface area contributed by atoms with E-state index in [1.807, 2.05) is 42.2 Å². The second kappa shape index (κ2) is 8.11. The lowest BCUT2D eigenvalue weighted by molar-refractivity contribution is -0.133. The van der Waals surface area contributed by atoms with Gasteiger partial charge in [-0.25, -0.2) is 0 Å². The molecule has 0 spiro atoms. The van der Waals surface area contributed by atoms with E-state index in [0.29, 0.717) is 24.0 Å². The molecule has 3 rings (SSSR count). The highest BCUT2D eigenvalue weighted by molar-refractivity contribution is 5.77. The molecule has 1 aromatic heterocycles. The normalized spacial score (nSPS) is 17.1. The second-order valence-corrected chi connectivity index (χ2v) is 6.23. The standard InChI is InChI=1S/C18H24N4O3/c1-14(18-19-15(2)20-25-18)21-9-6-10-22(12-11-21)17(23)13-24-16-7-4-3-5-8-16/h3-5,7-8,14H,6,9-13H2,1-2H3. The van der Waals surface area contributed by atoms with Crippen LogP contribution in [0.4, 0.5) is 0 Å². The van der Waals surface area contributed by atoms with Crippen molar-refractivity contribution < 1.29 is 14.1 Å². The molecule has 0 radical (unpaired) electrons.